The maximum Gasteiger partial charge on any atom is 0.186 e. The molecule has 0 atom stereocenters. The van der Waals surface area contributed by atoms with Gasteiger partial charge in [-0.15, -0.1) is 0 Å². The molecule has 0 saturated carbocycles. The van der Waals surface area contributed by atoms with Crippen molar-refractivity contribution in [1.29, 1.82) is 0 Å². The maximum absolute atomic E-state index is 13.0. The van der Waals surface area contributed by atoms with Crippen LogP contribution in [0, 0.1) is 0 Å². The first-order valence-electron chi connectivity index (χ1n) is 13.7. The highest BCUT2D eigenvalue weighted by molar-refractivity contribution is 6.34. The number of methoxy groups -OCH3 is 4. The van der Waals surface area contributed by atoms with Gasteiger partial charge in [-0.05, 0) is 54.6 Å². The third-order valence-corrected chi connectivity index (χ3v) is 7.08. The van der Waals surface area contributed by atoms with Crippen LogP contribution >= 0.6 is 0 Å². The van der Waals surface area contributed by atoms with Gasteiger partial charge in [-0.2, -0.15) is 0 Å². The third-order valence-electron chi connectivity index (χ3n) is 7.08. The van der Waals surface area contributed by atoms with E-state index in [9.17, 15) is 9.59 Å². The molecule has 0 aliphatic heterocycles. The predicted octanol–water partition coefficient (Wildman–Crippen LogP) is 5.28. The second-order valence-corrected chi connectivity index (χ2v) is 9.70. The molecule has 1 N–H and O–H groups in total. The van der Waals surface area contributed by atoms with Crippen molar-refractivity contribution >= 4 is 50.9 Å². The molecule has 0 amide bonds. The molecule has 0 radical (unpaired) electrons. The number of aromatic nitrogens is 2. The number of nitrogens with one attached hydrogen (secondary N) is 1. The van der Waals surface area contributed by atoms with E-state index in [2.05, 4.69) is 15.3 Å². The van der Waals surface area contributed by atoms with Gasteiger partial charge in [0.05, 0.1) is 33.5 Å². The van der Waals surface area contributed by atoms with Gasteiger partial charge in [0.25, 0.3) is 0 Å². The average Bonchev–Trinajstić information content (AvgIpc) is 3.05. The van der Waals surface area contributed by atoms with E-state index >= 15 is 0 Å². The largest absolute Gasteiger partial charge is 0.493 e. The van der Waals surface area contributed by atoms with Gasteiger partial charge in [-0.25, -0.2) is 9.97 Å². The number of ether oxygens (including phenoxy) is 5. The molecule has 5 rings (SSSR count). The SMILES string of the molecule is COCCOc1cc2ncnc(Nc3ccc(N(C)c4ccc(OC)c(OC)c4)c(C4=CC(=O)C=CC4=O)c3)c2cc1OC. The lowest BCUT2D eigenvalue weighted by Crippen LogP contribution is -2.15. The Labute approximate surface area is 254 Å². The minimum Gasteiger partial charge on any atom is -0.493 e. The second-order valence-electron chi connectivity index (χ2n) is 9.70. The van der Waals surface area contributed by atoms with Gasteiger partial charge < -0.3 is 33.9 Å². The number of fused-ring (bicyclic) bond motifs is 1. The zero-order valence-corrected chi connectivity index (χ0v) is 25.0. The van der Waals surface area contributed by atoms with Crippen LogP contribution in [0.15, 0.2) is 73.1 Å². The minimum absolute atomic E-state index is 0.268. The van der Waals surface area contributed by atoms with Gasteiger partial charge in [-0.1, -0.05) is 0 Å². The Morgan fingerprint density at radius 1 is 0.795 bits per heavy atom. The average molecular weight is 597 g/mol. The summed E-state index contributed by atoms with van der Waals surface area (Å²) in [5.74, 6) is 2.17. The lowest BCUT2D eigenvalue weighted by molar-refractivity contribution is -0.113. The summed E-state index contributed by atoms with van der Waals surface area (Å²) in [6.07, 6.45) is 5.35. The molecule has 3 aromatic carbocycles. The summed E-state index contributed by atoms with van der Waals surface area (Å²) < 4.78 is 27.3. The minimum atomic E-state index is -0.276. The second kappa shape index (κ2) is 13.3. The van der Waals surface area contributed by atoms with E-state index in [0.29, 0.717) is 69.9 Å². The number of ketones is 2. The smallest absolute Gasteiger partial charge is 0.186 e. The topological polar surface area (TPSA) is 121 Å². The molecule has 0 unspecified atom stereocenters. The Morgan fingerprint density at radius 3 is 2.32 bits per heavy atom. The molecule has 11 nitrogen and oxygen atoms in total. The quantitative estimate of drug-likeness (QED) is 0.170. The van der Waals surface area contributed by atoms with Crippen molar-refractivity contribution in [2.24, 2.45) is 0 Å². The molecule has 0 saturated heterocycles. The van der Waals surface area contributed by atoms with E-state index in [4.69, 9.17) is 23.7 Å². The first-order chi connectivity index (χ1) is 21.4. The van der Waals surface area contributed by atoms with Crippen LogP contribution in [-0.4, -0.2) is 70.2 Å². The molecule has 0 spiro atoms. The number of rotatable bonds is 12. The zero-order valence-electron chi connectivity index (χ0n) is 25.0. The summed E-state index contributed by atoms with van der Waals surface area (Å²) in [6, 6.07) is 14.7. The number of benzene rings is 3. The third kappa shape index (κ3) is 6.18. The Balaban J connectivity index is 1.56. The maximum atomic E-state index is 13.0. The monoisotopic (exact) mass is 596 g/mol. The highest BCUT2D eigenvalue weighted by atomic mass is 16.5. The molecule has 0 bridgehead atoms. The Kier molecular flexibility index (Phi) is 9.06. The summed E-state index contributed by atoms with van der Waals surface area (Å²) in [6.45, 7) is 0.783. The van der Waals surface area contributed by atoms with Gasteiger partial charge in [0, 0.05) is 59.9 Å². The van der Waals surface area contributed by atoms with Crippen LogP contribution in [-0.2, 0) is 14.3 Å². The molecule has 226 valence electrons. The summed E-state index contributed by atoms with van der Waals surface area (Å²) >= 11 is 0. The molecular formula is C33H32N4O7. The van der Waals surface area contributed by atoms with Crippen LogP contribution in [0.5, 0.6) is 23.0 Å². The normalized spacial score (nSPS) is 12.6. The van der Waals surface area contributed by atoms with E-state index in [-0.39, 0.29) is 17.1 Å². The molecular weight excluding hydrogens is 564 g/mol. The number of hydrogen-bond donors (Lipinski definition) is 1. The standard InChI is InChI=1S/C33H32N4O7/c1-37(21-7-11-29(41-3)30(15-21)42-4)27-9-6-20(14-23(27)24-16-22(38)8-10-28(24)39)36-33-25-17-31(43-5)32(44-13-12-40-2)18-26(25)34-19-35-33/h6-11,14-19H,12-13H2,1-5H3,(H,34,35,36). The molecule has 4 aromatic rings. The Morgan fingerprint density at radius 2 is 1.57 bits per heavy atom. The van der Waals surface area contributed by atoms with Crippen LogP contribution in [0.2, 0.25) is 0 Å². The number of carbonyl (C=O) groups is 2. The first kappa shape index (κ1) is 30.1. The number of allylic oxidation sites excluding steroid dienone is 4. The molecule has 11 heteroatoms. The van der Waals surface area contributed by atoms with Crippen molar-refractivity contribution in [3.05, 3.63) is 78.6 Å². The van der Waals surface area contributed by atoms with Crippen molar-refractivity contribution in [2.75, 3.05) is 58.9 Å². The van der Waals surface area contributed by atoms with Crippen molar-refractivity contribution in [1.82, 2.24) is 9.97 Å². The fraction of sp³-hybridized carbons (Fsp3) is 0.212. The van der Waals surface area contributed by atoms with E-state index < -0.39 is 0 Å². The van der Waals surface area contributed by atoms with Crippen LogP contribution in [0.4, 0.5) is 22.9 Å². The number of carbonyl (C=O) groups excluding carboxylic acids is 2. The fourth-order valence-corrected chi connectivity index (χ4v) is 4.82. The van der Waals surface area contributed by atoms with Crippen molar-refractivity contribution < 1.29 is 33.3 Å². The highest BCUT2D eigenvalue weighted by Crippen LogP contribution is 2.40. The van der Waals surface area contributed by atoms with Crippen LogP contribution in [0.25, 0.3) is 16.5 Å². The van der Waals surface area contributed by atoms with Crippen molar-refractivity contribution in [3.63, 3.8) is 0 Å². The first-order valence-corrected chi connectivity index (χ1v) is 13.7. The number of hydrogen-bond acceptors (Lipinski definition) is 11. The van der Waals surface area contributed by atoms with Gasteiger partial charge >= 0.3 is 0 Å². The molecule has 1 aliphatic rings. The molecule has 0 fully saturated rings. The van der Waals surface area contributed by atoms with Gasteiger partial charge in [0.2, 0.25) is 0 Å². The zero-order chi connectivity index (χ0) is 31.2. The van der Waals surface area contributed by atoms with Crippen LogP contribution < -0.4 is 29.2 Å². The molecule has 1 heterocycles. The van der Waals surface area contributed by atoms with Crippen molar-refractivity contribution in [2.45, 2.75) is 0 Å². The predicted molar refractivity (Wildman–Crippen MR) is 168 cm³/mol. The van der Waals surface area contributed by atoms with Crippen molar-refractivity contribution in [3.8, 4) is 23.0 Å². The lowest BCUT2D eigenvalue weighted by atomic mass is 9.94. The summed E-state index contributed by atoms with van der Waals surface area (Å²) in [4.78, 5) is 36.2. The number of anilines is 4. The van der Waals surface area contributed by atoms with Crippen LogP contribution in [0.3, 0.4) is 0 Å². The van der Waals surface area contributed by atoms with E-state index in [0.717, 1.165) is 5.69 Å². The van der Waals surface area contributed by atoms with Gasteiger partial charge in [0.15, 0.2) is 34.6 Å². The van der Waals surface area contributed by atoms with E-state index in [1.54, 1.807) is 46.6 Å². The molecule has 1 aromatic heterocycles. The van der Waals surface area contributed by atoms with Gasteiger partial charge in [-0.3, -0.25) is 9.59 Å². The summed E-state index contributed by atoms with van der Waals surface area (Å²) in [5.41, 5.74) is 3.58. The Bertz CT molecular complexity index is 1780. The Hall–Kier alpha value is -5.42. The van der Waals surface area contributed by atoms with Gasteiger partial charge in [0.1, 0.15) is 18.8 Å². The van der Waals surface area contributed by atoms with Crippen LogP contribution in [0.1, 0.15) is 5.56 Å². The van der Waals surface area contributed by atoms with E-state index in [1.165, 1.54) is 24.6 Å². The lowest BCUT2D eigenvalue weighted by Gasteiger charge is -2.25. The van der Waals surface area contributed by atoms with E-state index in [1.807, 2.05) is 42.3 Å². The molecule has 1 aliphatic carbocycles. The fourth-order valence-electron chi connectivity index (χ4n) is 4.82. The summed E-state index contributed by atoms with van der Waals surface area (Å²) in [7, 11) is 8.18. The highest BCUT2D eigenvalue weighted by Gasteiger charge is 2.22. The summed E-state index contributed by atoms with van der Waals surface area (Å²) in [5, 5.41) is 4.05. The number of nitrogens with zero attached hydrogens (tertiary/aromatic N) is 3. The molecule has 44 heavy (non-hydrogen) atoms.